The zero-order valence-electron chi connectivity index (χ0n) is 15.9. The lowest BCUT2D eigenvalue weighted by molar-refractivity contribution is 0.364. The Hall–Kier alpha value is -3.03. The number of hydrogen-bond donors (Lipinski definition) is 1. The van der Waals surface area contributed by atoms with Crippen LogP contribution in [0.25, 0.3) is 0 Å². The van der Waals surface area contributed by atoms with Gasteiger partial charge in [-0.1, -0.05) is 54.5 Å². The molecule has 0 spiro atoms. The predicted octanol–water partition coefficient (Wildman–Crippen LogP) is 3.85. The number of hydrogen-bond acceptors (Lipinski definition) is 3. The first-order valence-electron chi connectivity index (χ1n) is 9.10. The number of para-hydroxylation sites is 1. The molecule has 0 bridgehead atoms. The van der Waals surface area contributed by atoms with Gasteiger partial charge in [0.2, 0.25) is 0 Å². The number of benzene rings is 2. The van der Waals surface area contributed by atoms with Gasteiger partial charge in [0.15, 0.2) is 0 Å². The van der Waals surface area contributed by atoms with Crippen LogP contribution in [0.5, 0.6) is 5.75 Å². The topological polar surface area (TPSA) is 39.1 Å². The second-order valence-corrected chi connectivity index (χ2v) is 6.50. The third kappa shape index (κ3) is 4.78. The van der Waals surface area contributed by atoms with Crippen molar-refractivity contribution in [2.45, 2.75) is 33.5 Å². The van der Waals surface area contributed by atoms with Gasteiger partial charge in [0.25, 0.3) is 0 Å². The molecular weight excluding hydrogens is 334 g/mol. The largest absolute Gasteiger partial charge is 0.481 e. The summed E-state index contributed by atoms with van der Waals surface area (Å²) in [4.78, 5) is 0. The molecule has 138 valence electrons. The van der Waals surface area contributed by atoms with E-state index in [2.05, 4.69) is 60.1 Å². The van der Waals surface area contributed by atoms with Crippen LogP contribution in [-0.2, 0) is 19.6 Å². The quantitative estimate of drug-likeness (QED) is 0.621. The summed E-state index contributed by atoms with van der Waals surface area (Å²) in [6, 6.07) is 18.4. The minimum absolute atomic E-state index is 0.279. The van der Waals surface area contributed by atoms with E-state index in [1.807, 2.05) is 24.3 Å². The van der Waals surface area contributed by atoms with Crippen LogP contribution in [0, 0.1) is 26.2 Å². The van der Waals surface area contributed by atoms with E-state index in [1.54, 1.807) is 0 Å². The first kappa shape index (κ1) is 18.8. The Labute approximate surface area is 161 Å². The van der Waals surface area contributed by atoms with E-state index in [1.165, 1.54) is 16.8 Å². The third-order valence-corrected chi connectivity index (χ3v) is 4.61. The van der Waals surface area contributed by atoms with Crippen LogP contribution in [0.2, 0.25) is 0 Å². The highest BCUT2D eigenvalue weighted by molar-refractivity contribution is 5.34. The Balaban J connectivity index is 1.65. The number of terminal acetylenes is 1. The van der Waals surface area contributed by atoms with Crippen molar-refractivity contribution in [2.75, 3.05) is 6.61 Å². The van der Waals surface area contributed by atoms with Crippen molar-refractivity contribution < 1.29 is 4.74 Å². The molecule has 0 saturated heterocycles. The van der Waals surface area contributed by atoms with E-state index in [9.17, 15) is 0 Å². The Kier molecular flexibility index (Phi) is 6.30. The molecule has 0 aliphatic rings. The number of aryl methyl sites for hydroxylation is 1. The number of aromatic nitrogens is 2. The van der Waals surface area contributed by atoms with E-state index in [4.69, 9.17) is 16.3 Å². The van der Waals surface area contributed by atoms with E-state index in [0.717, 1.165) is 30.1 Å². The summed E-state index contributed by atoms with van der Waals surface area (Å²) >= 11 is 0. The summed E-state index contributed by atoms with van der Waals surface area (Å²) in [5, 5.41) is 8.23. The van der Waals surface area contributed by atoms with Gasteiger partial charge < -0.3 is 10.1 Å². The highest BCUT2D eigenvalue weighted by Gasteiger charge is 2.12. The van der Waals surface area contributed by atoms with Crippen LogP contribution >= 0.6 is 0 Å². The molecule has 0 radical (unpaired) electrons. The van der Waals surface area contributed by atoms with Crippen LogP contribution in [0.1, 0.15) is 28.1 Å². The van der Waals surface area contributed by atoms with E-state index in [-0.39, 0.29) is 6.61 Å². The maximum Gasteiger partial charge on any atom is 0.148 e. The van der Waals surface area contributed by atoms with Gasteiger partial charge in [-0.2, -0.15) is 5.10 Å². The van der Waals surface area contributed by atoms with Crippen molar-refractivity contribution in [3.05, 3.63) is 82.7 Å². The standard InChI is InChI=1S/C23H25N3O/c1-4-14-27-23-13-9-8-12-21(23)15-24-16-22-18(2)25-26(19(22)3)17-20-10-6-5-7-11-20/h1,5-13,24H,14-17H2,2-3H3. The summed E-state index contributed by atoms with van der Waals surface area (Å²) < 4.78 is 7.69. The first-order valence-corrected chi connectivity index (χ1v) is 9.10. The molecule has 0 atom stereocenters. The van der Waals surface area contributed by atoms with Crippen molar-refractivity contribution >= 4 is 0 Å². The number of nitrogens with zero attached hydrogens (tertiary/aromatic N) is 2. The molecule has 0 aliphatic heterocycles. The second-order valence-electron chi connectivity index (χ2n) is 6.50. The van der Waals surface area contributed by atoms with Gasteiger partial charge in [0, 0.05) is 29.9 Å². The SMILES string of the molecule is C#CCOc1ccccc1CNCc1c(C)nn(Cc2ccccc2)c1C. The Morgan fingerprint density at radius 2 is 1.78 bits per heavy atom. The molecule has 0 fully saturated rings. The van der Waals surface area contributed by atoms with Crippen LogP contribution in [0.3, 0.4) is 0 Å². The molecule has 0 saturated carbocycles. The Morgan fingerprint density at radius 1 is 1.04 bits per heavy atom. The van der Waals surface area contributed by atoms with Gasteiger partial charge >= 0.3 is 0 Å². The number of rotatable bonds is 8. The molecule has 1 N–H and O–H groups in total. The Morgan fingerprint density at radius 3 is 2.56 bits per heavy atom. The molecule has 27 heavy (non-hydrogen) atoms. The first-order chi connectivity index (χ1) is 13.2. The molecule has 0 aliphatic carbocycles. The lowest BCUT2D eigenvalue weighted by atomic mass is 10.1. The minimum Gasteiger partial charge on any atom is -0.481 e. The maximum absolute atomic E-state index is 5.61. The normalized spacial score (nSPS) is 10.6. The van der Waals surface area contributed by atoms with Crippen molar-refractivity contribution in [2.24, 2.45) is 0 Å². The molecule has 0 unspecified atom stereocenters. The highest BCUT2D eigenvalue weighted by Crippen LogP contribution is 2.19. The van der Waals surface area contributed by atoms with E-state index >= 15 is 0 Å². The van der Waals surface area contributed by atoms with Crippen LogP contribution in [-0.4, -0.2) is 16.4 Å². The molecule has 0 amide bonds. The van der Waals surface area contributed by atoms with Gasteiger partial charge in [0.1, 0.15) is 12.4 Å². The molecule has 4 heteroatoms. The third-order valence-electron chi connectivity index (χ3n) is 4.61. The van der Waals surface area contributed by atoms with E-state index < -0.39 is 0 Å². The monoisotopic (exact) mass is 359 g/mol. The lowest BCUT2D eigenvalue weighted by Crippen LogP contribution is -2.15. The smallest absolute Gasteiger partial charge is 0.148 e. The summed E-state index contributed by atoms with van der Waals surface area (Å²) in [5.41, 5.74) is 5.85. The van der Waals surface area contributed by atoms with Crippen LogP contribution < -0.4 is 10.1 Å². The van der Waals surface area contributed by atoms with Gasteiger partial charge in [0.05, 0.1) is 12.2 Å². The average molecular weight is 359 g/mol. The second kappa shape index (κ2) is 9.07. The lowest BCUT2D eigenvalue weighted by Gasteiger charge is -2.11. The number of ether oxygens (including phenoxy) is 1. The van der Waals surface area contributed by atoms with Gasteiger partial charge in [-0.05, 0) is 25.5 Å². The zero-order chi connectivity index (χ0) is 19.1. The molecule has 1 heterocycles. The summed E-state index contributed by atoms with van der Waals surface area (Å²) in [5.74, 6) is 3.34. The fraction of sp³-hybridized carbons (Fsp3) is 0.261. The molecular formula is C23H25N3O. The van der Waals surface area contributed by atoms with Crippen molar-refractivity contribution in [1.82, 2.24) is 15.1 Å². The predicted molar refractivity (Wildman–Crippen MR) is 109 cm³/mol. The molecule has 3 aromatic rings. The maximum atomic E-state index is 5.61. The van der Waals surface area contributed by atoms with Crippen molar-refractivity contribution in [3.8, 4) is 18.1 Å². The molecule has 3 rings (SSSR count). The molecule has 1 aromatic heterocycles. The molecule has 2 aromatic carbocycles. The fourth-order valence-electron chi connectivity index (χ4n) is 3.13. The van der Waals surface area contributed by atoms with Crippen LogP contribution in [0.4, 0.5) is 0 Å². The summed E-state index contributed by atoms with van der Waals surface area (Å²) in [7, 11) is 0. The van der Waals surface area contributed by atoms with Crippen molar-refractivity contribution in [1.29, 1.82) is 0 Å². The number of nitrogens with one attached hydrogen (secondary N) is 1. The summed E-state index contributed by atoms with van der Waals surface area (Å²) in [6.07, 6.45) is 5.29. The van der Waals surface area contributed by atoms with E-state index in [0.29, 0.717) is 6.54 Å². The van der Waals surface area contributed by atoms with Gasteiger partial charge in [-0.15, -0.1) is 6.42 Å². The molecule has 4 nitrogen and oxygen atoms in total. The van der Waals surface area contributed by atoms with Crippen molar-refractivity contribution in [3.63, 3.8) is 0 Å². The fourth-order valence-corrected chi connectivity index (χ4v) is 3.13. The van der Waals surface area contributed by atoms with Gasteiger partial charge in [-0.25, -0.2) is 0 Å². The highest BCUT2D eigenvalue weighted by atomic mass is 16.5. The van der Waals surface area contributed by atoms with Gasteiger partial charge in [-0.3, -0.25) is 4.68 Å². The Bertz CT molecular complexity index is 923. The zero-order valence-corrected chi connectivity index (χ0v) is 15.9. The average Bonchev–Trinajstić information content (AvgIpc) is 2.95. The summed E-state index contributed by atoms with van der Waals surface area (Å²) in [6.45, 7) is 6.73. The van der Waals surface area contributed by atoms with Crippen LogP contribution in [0.15, 0.2) is 54.6 Å². The minimum atomic E-state index is 0.279.